The van der Waals surface area contributed by atoms with Crippen LogP contribution in [0.15, 0.2) is 0 Å². The number of cyclic esters (lactones) is 1. The predicted molar refractivity (Wildman–Crippen MR) is 101 cm³/mol. The maximum atomic E-state index is 12.9. The van der Waals surface area contributed by atoms with Crippen molar-refractivity contribution >= 4 is 11.8 Å². The first kappa shape index (κ1) is 17.7. The Labute approximate surface area is 155 Å². The van der Waals surface area contributed by atoms with E-state index in [-0.39, 0.29) is 23.8 Å². The van der Waals surface area contributed by atoms with Gasteiger partial charge in [0.15, 0.2) is 0 Å². The number of anilines is 1. The molecule has 3 aliphatic rings. The van der Waals surface area contributed by atoms with Crippen molar-refractivity contribution in [2.45, 2.75) is 83.3 Å². The van der Waals surface area contributed by atoms with Crippen LogP contribution in [0.5, 0.6) is 0 Å². The van der Waals surface area contributed by atoms with E-state index >= 15 is 0 Å². The summed E-state index contributed by atoms with van der Waals surface area (Å²) in [5.41, 5.74) is 1.51. The summed E-state index contributed by atoms with van der Waals surface area (Å²) in [5, 5.41) is 3.68. The van der Waals surface area contributed by atoms with E-state index < -0.39 is 0 Å². The molecule has 0 saturated carbocycles. The first-order valence-corrected chi connectivity index (χ1v) is 10.1. The molecule has 0 aromatic carbocycles. The van der Waals surface area contributed by atoms with E-state index in [2.05, 4.69) is 37.9 Å². The molecule has 0 spiro atoms. The zero-order valence-corrected chi connectivity index (χ0v) is 16.3. The van der Waals surface area contributed by atoms with Crippen molar-refractivity contribution in [3.63, 3.8) is 0 Å². The van der Waals surface area contributed by atoms with Crippen LogP contribution in [0.3, 0.4) is 0 Å². The van der Waals surface area contributed by atoms with E-state index in [0.29, 0.717) is 24.3 Å². The summed E-state index contributed by atoms with van der Waals surface area (Å²) in [5.74, 6) is 1.89. The SMILES string of the molecule is CCC(CC)c1nc(C(C)C)nc2c1C(=O)OCC1[C@H]3CC[C@@H](CN21)N3. The van der Waals surface area contributed by atoms with Crippen LogP contribution in [0.25, 0.3) is 0 Å². The maximum Gasteiger partial charge on any atom is 0.343 e. The Balaban J connectivity index is 1.90. The number of aromatic nitrogens is 2. The molecule has 0 aliphatic carbocycles. The number of piperazine rings is 1. The molecular formula is C20H30N4O2. The van der Waals surface area contributed by atoms with Gasteiger partial charge in [0, 0.05) is 30.5 Å². The van der Waals surface area contributed by atoms with E-state index in [4.69, 9.17) is 14.7 Å². The highest BCUT2D eigenvalue weighted by Crippen LogP contribution is 2.38. The molecule has 2 fully saturated rings. The maximum absolute atomic E-state index is 12.9. The summed E-state index contributed by atoms with van der Waals surface area (Å²) in [7, 11) is 0. The predicted octanol–water partition coefficient (Wildman–Crippen LogP) is 2.98. The summed E-state index contributed by atoms with van der Waals surface area (Å²) in [6.45, 7) is 9.88. The molecular weight excluding hydrogens is 328 g/mol. The third kappa shape index (κ3) is 2.79. The molecule has 4 rings (SSSR count). The van der Waals surface area contributed by atoms with Crippen LogP contribution in [0, 0.1) is 0 Å². The minimum absolute atomic E-state index is 0.170. The average molecular weight is 358 g/mol. The Bertz CT molecular complexity index is 701. The molecule has 1 aromatic heterocycles. The van der Waals surface area contributed by atoms with Crippen molar-refractivity contribution in [2.24, 2.45) is 0 Å². The van der Waals surface area contributed by atoms with Gasteiger partial charge >= 0.3 is 5.97 Å². The van der Waals surface area contributed by atoms with Crippen LogP contribution in [-0.4, -0.2) is 47.2 Å². The molecule has 1 aromatic rings. The highest BCUT2D eigenvalue weighted by Gasteiger charge is 2.45. The molecule has 26 heavy (non-hydrogen) atoms. The fourth-order valence-corrected chi connectivity index (χ4v) is 4.69. The van der Waals surface area contributed by atoms with Gasteiger partial charge in [0.25, 0.3) is 0 Å². The van der Waals surface area contributed by atoms with Gasteiger partial charge in [0.1, 0.15) is 23.8 Å². The number of nitrogens with zero attached hydrogens (tertiary/aromatic N) is 3. The lowest BCUT2D eigenvalue weighted by Gasteiger charge is -2.40. The van der Waals surface area contributed by atoms with Gasteiger partial charge in [0.05, 0.1) is 11.7 Å². The van der Waals surface area contributed by atoms with Gasteiger partial charge in [-0.15, -0.1) is 0 Å². The summed E-state index contributed by atoms with van der Waals surface area (Å²) in [6, 6.07) is 1.02. The van der Waals surface area contributed by atoms with Crippen LogP contribution >= 0.6 is 0 Å². The summed E-state index contributed by atoms with van der Waals surface area (Å²) in [4.78, 5) is 25.0. The number of esters is 1. The number of fused-ring (bicyclic) bond motifs is 6. The Morgan fingerprint density at radius 1 is 1.23 bits per heavy atom. The second-order valence-corrected chi connectivity index (χ2v) is 8.20. The van der Waals surface area contributed by atoms with Crippen molar-refractivity contribution < 1.29 is 9.53 Å². The van der Waals surface area contributed by atoms with Crippen molar-refractivity contribution in [1.82, 2.24) is 15.3 Å². The molecule has 6 nitrogen and oxygen atoms in total. The largest absolute Gasteiger partial charge is 0.460 e. The molecule has 2 bridgehead atoms. The lowest BCUT2D eigenvalue weighted by atomic mass is 9.94. The standard InChI is InChI=1S/C20H30N4O2/c1-5-12(6-2)17-16-19(23-18(22-17)11(3)4)24-9-13-7-8-14(21-13)15(24)10-26-20(16)25/h11-15,21H,5-10H2,1-4H3/t13-,14+,15?/m0/s1. The van der Waals surface area contributed by atoms with Gasteiger partial charge in [-0.25, -0.2) is 14.8 Å². The third-order valence-electron chi connectivity index (χ3n) is 6.24. The Morgan fingerprint density at radius 3 is 2.69 bits per heavy atom. The number of carbonyl (C=O) groups is 1. The van der Waals surface area contributed by atoms with Gasteiger partial charge in [-0.3, -0.25) is 0 Å². The number of rotatable bonds is 4. The minimum atomic E-state index is -0.248. The zero-order chi connectivity index (χ0) is 18.4. The third-order valence-corrected chi connectivity index (χ3v) is 6.24. The van der Waals surface area contributed by atoms with E-state index in [1.54, 1.807) is 0 Å². The van der Waals surface area contributed by atoms with Gasteiger partial charge in [-0.1, -0.05) is 27.7 Å². The normalized spacial score (nSPS) is 27.4. The van der Waals surface area contributed by atoms with E-state index in [1.165, 1.54) is 6.42 Å². The number of ether oxygens (including phenoxy) is 1. The summed E-state index contributed by atoms with van der Waals surface area (Å²) in [6.07, 6.45) is 4.24. The topological polar surface area (TPSA) is 67.3 Å². The van der Waals surface area contributed by atoms with Crippen LogP contribution in [0.4, 0.5) is 5.82 Å². The Morgan fingerprint density at radius 2 is 2.00 bits per heavy atom. The smallest absolute Gasteiger partial charge is 0.343 e. The number of nitrogens with one attached hydrogen (secondary N) is 1. The summed E-state index contributed by atoms with van der Waals surface area (Å²) < 4.78 is 5.73. The molecule has 142 valence electrons. The van der Waals surface area contributed by atoms with Crippen molar-refractivity contribution in [3.05, 3.63) is 17.1 Å². The molecule has 1 N–H and O–H groups in total. The van der Waals surface area contributed by atoms with Gasteiger partial charge in [-0.2, -0.15) is 0 Å². The highest BCUT2D eigenvalue weighted by atomic mass is 16.5. The van der Waals surface area contributed by atoms with Crippen molar-refractivity contribution in [2.75, 3.05) is 18.1 Å². The fraction of sp³-hybridized carbons (Fsp3) is 0.750. The van der Waals surface area contributed by atoms with Gasteiger partial charge in [-0.05, 0) is 25.7 Å². The van der Waals surface area contributed by atoms with Crippen LogP contribution in [0.2, 0.25) is 0 Å². The zero-order valence-electron chi connectivity index (χ0n) is 16.3. The van der Waals surface area contributed by atoms with Crippen LogP contribution < -0.4 is 10.2 Å². The minimum Gasteiger partial charge on any atom is -0.460 e. The highest BCUT2D eigenvalue weighted by molar-refractivity contribution is 5.97. The van der Waals surface area contributed by atoms with Gasteiger partial charge in [0.2, 0.25) is 0 Å². The molecule has 3 aliphatic heterocycles. The number of hydrogen-bond acceptors (Lipinski definition) is 6. The number of hydrogen-bond donors (Lipinski definition) is 1. The molecule has 0 radical (unpaired) electrons. The quantitative estimate of drug-likeness (QED) is 0.835. The van der Waals surface area contributed by atoms with Crippen molar-refractivity contribution in [1.29, 1.82) is 0 Å². The second-order valence-electron chi connectivity index (χ2n) is 8.20. The number of carbonyl (C=O) groups excluding carboxylic acids is 1. The first-order chi connectivity index (χ1) is 12.5. The molecule has 0 amide bonds. The average Bonchev–Trinajstić information content (AvgIpc) is 2.95. The molecule has 6 heteroatoms. The monoisotopic (exact) mass is 358 g/mol. The van der Waals surface area contributed by atoms with Crippen LogP contribution in [0.1, 0.15) is 87.1 Å². The molecule has 3 atom stereocenters. The molecule has 4 heterocycles. The summed E-state index contributed by atoms with van der Waals surface area (Å²) >= 11 is 0. The Hall–Kier alpha value is -1.69. The van der Waals surface area contributed by atoms with Crippen molar-refractivity contribution in [3.8, 4) is 0 Å². The van der Waals surface area contributed by atoms with E-state index in [0.717, 1.165) is 43.1 Å². The lowest BCUT2D eigenvalue weighted by Crippen LogP contribution is -2.59. The Kier molecular flexibility index (Phi) is 4.63. The second kappa shape index (κ2) is 6.80. The molecule has 1 unspecified atom stereocenters. The first-order valence-electron chi connectivity index (χ1n) is 10.1. The molecule has 2 saturated heterocycles. The fourth-order valence-electron chi connectivity index (χ4n) is 4.69. The van der Waals surface area contributed by atoms with Crippen LogP contribution in [-0.2, 0) is 4.74 Å². The van der Waals surface area contributed by atoms with Gasteiger partial charge < -0.3 is 15.0 Å². The lowest BCUT2D eigenvalue weighted by molar-refractivity contribution is 0.0473. The van der Waals surface area contributed by atoms with E-state index in [1.807, 2.05) is 0 Å². The van der Waals surface area contributed by atoms with E-state index in [9.17, 15) is 4.79 Å².